The van der Waals surface area contributed by atoms with Crippen LogP contribution in [-0.4, -0.2) is 35.1 Å². The monoisotopic (exact) mass is 451 g/mol. The predicted octanol–water partition coefficient (Wildman–Crippen LogP) is 4.17. The third kappa shape index (κ3) is 2.81. The fraction of sp³-hybridized carbons (Fsp3) is 0.217. The number of carbonyl (C=O) groups is 2. The van der Waals surface area contributed by atoms with Crippen molar-refractivity contribution in [1.29, 1.82) is 0 Å². The number of nitrogens with one attached hydrogen (secondary N) is 1. The van der Waals surface area contributed by atoms with Gasteiger partial charge in [-0.2, -0.15) is 0 Å². The second-order valence-electron chi connectivity index (χ2n) is 8.07. The topological polar surface area (TPSA) is 92.5 Å². The van der Waals surface area contributed by atoms with Gasteiger partial charge in [-0.05, 0) is 42.3 Å². The zero-order valence-electron chi connectivity index (χ0n) is 16.9. The average Bonchev–Trinajstić information content (AvgIpc) is 3.47. The van der Waals surface area contributed by atoms with Crippen molar-refractivity contribution in [3.8, 4) is 0 Å². The van der Waals surface area contributed by atoms with Crippen LogP contribution in [0.25, 0.3) is 0 Å². The number of Topliss-reactive ketones (excluding diaryl/α,β-unsaturated/α-hetero) is 1. The van der Waals surface area contributed by atoms with Crippen molar-refractivity contribution >= 4 is 34.4 Å². The van der Waals surface area contributed by atoms with E-state index < -0.39 is 34.0 Å². The summed E-state index contributed by atoms with van der Waals surface area (Å²) in [6.07, 6.45) is 0. The van der Waals surface area contributed by atoms with E-state index in [1.807, 2.05) is 0 Å². The lowest BCUT2D eigenvalue weighted by atomic mass is 9.71. The van der Waals surface area contributed by atoms with Crippen molar-refractivity contribution in [2.75, 3.05) is 18.9 Å². The minimum Gasteiger partial charge on any atom is -0.324 e. The van der Waals surface area contributed by atoms with Crippen molar-refractivity contribution in [2.45, 2.75) is 11.5 Å². The molecule has 0 bridgehead atoms. The van der Waals surface area contributed by atoms with Gasteiger partial charge >= 0.3 is 0 Å². The van der Waals surface area contributed by atoms with Crippen LogP contribution in [0.3, 0.4) is 0 Å². The molecule has 1 N–H and O–H groups in total. The number of amides is 1. The Morgan fingerprint density at radius 2 is 2.06 bits per heavy atom. The largest absolute Gasteiger partial charge is 0.324 e. The number of nitro benzene ring substituents is 1. The molecule has 1 spiro atoms. The van der Waals surface area contributed by atoms with Gasteiger partial charge in [0.1, 0.15) is 11.4 Å². The molecule has 1 aromatic heterocycles. The maximum absolute atomic E-state index is 14.3. The van der Waals surface area contributed by atoms with E-state index in [1.54, 1.807) is 41.6 Å². The molecule has 0 saturated carbocycles. The number of carbonyl (C=O) groups excluding carboxylic acids is 2. The van der Waals surface area contributed by atoms with Gasteiger partial charge < -0.3 is 5.32 Å². The second kappa shape index (κ2) is 7.32. The van der Waals surface area contributed by atoms with Crippen molar-refractivity contribution in [3.05, 3.63) is 91.9 Å². The van der Waals surface area contributed by atoms with E-state index in [2.05, 4.69) is 5.32 Å². The van der Waals surface area contributed by atoms with Gasteiger partial charge in [-0.1, -0.05) is 18.2 Å². The van der Waals surface area contributed by atoms with Gasteiger partial charge in [0.2, 0.25) is 5.91 Å². The number of hydrogen-bond acceptors (Lipinski definition) is 6. The summed E-state index contributed by atoms with van der Waals surface area (Å²) in [6, 6.07) is 13.7. The highest BCUT2D eigenvalue weighted by Crippen LogP contribution is 2.56. The van der Waals surface area contributed by atoms with Crippen LogP contribution in [0, 0.1) is 21.8 Å². The number of halogens is 1. The number of rotatable bonds is 4. The van der Waals surface area contributed by atoms with Crippen molar-refractivity contribution < 1.29 is 18.9 Å². The number of benzene rings is 2. The first kappa shape index (κ1) is 20.5. The van der Waals surface area contributed by atoms with Gasteiger partial charge in [0.05, 0.1) is 15.7 Å². The molecule has 3 atom stereocenters. The van der Waals surface area contributed by atoms with E-state index in [0.717, 1.165) is 0 Å². The van der Waals surface area contributed by atoms with E-state index in [4.69, 9.17) is 0 Å². The number of nitrogens with zero attached hydrogens (tertiary/aromatic N) is 2. The molecule has 3 heterocycles. The van der Waals surface area contributed by atoms with Crippen molar-refractivity contribution in [3.63, 3.8) is 0 Å². The highest BCUT2D eigenvalue weighted by molar-refractivity contribution is 7.12. The first-order chi connectivity index (χ1) is 15.3. The van der Waals surface area contributed by atoms with Crippen LogP contribution >= 0.6 is 11.3 Å². The van der Waals surface area contributed by atoms with Crippen LogP contribution in [0.2, 0.25) is 0 Å². The molecular formula is C23H18FN3O4S. The summed E-state index contributed by atoms with van der Waals surface area (Å²) in [4.78, 5) is 40.4. The minimum absolute atomic E-state index is 0.0873. The van der Waals surface area contributed by atoms with E-state index in [-0.39, 0.29) is 11.5 Å². The lowest BCUT2D eigenvalue weighted by Crippen LogP contribution is -2.51. The Labute approximate surface area is 186 Å². The molecule has 2 aliphatic rings. The zero-order chi connectivity index (χ0) is 22.6. The third-order valence-electron chi connectivity index (χ3n) is 6.47. The molecule has 162 valence electrons. The summed E-state index contributed by atoms with van der Waals surface area (Å²) >= 11 is 1.27. The van der Waals surface area contributed by atoms with Crippen LogP contribution < -0.4 is 5.32 Å². The molecular weight excluding hydrogens is 433 g/mol. The molecule has 1 saturated heterocycles. The predicted molar refractivity (Wildman–Crippen MR) is 117 cm³/mol. The number of thiophene rings is 1. The molecule has 2 aromatic carbocycles. The number of hydrogen-bond donors (Lipinski definition) is 1. The highest BCUT2D eigenvalue weighted by atomic mass is 32.1. The number of likely N-dealkylation sites (tertiary alicyclic amines) is 1. The number of nitro groups is 1. The maximum Gasteiger partial charge on any atom is 0.269 e. The molecule has 0 unspecified atom stereocenters. The second-order valence-corrected chi connectivity index (χ2v) is 9.02. The molecule has 0 radical (unpaired) electrons. The number of non-ortho nitro benzene ring substituents is 1. The first-order valence-corrected chi connectivity index (χ1v) is 10.9. The Morgan fingerprint density at radius 1 is 1.25 bits per heavy atom. The fourth-order valence-corrected chi connectivity index (χ4v) is 5.86. The van der Waals surface area contributed by atoms with Gasteiger partial charge in [0.15, 0.2) is 5.78 Å². The molecule has 1 amide bonds. The number of ketones is 1. The molecule has 3 aromatic rings. The highest BCUT2D eigenvalue weighted by Gasteiger charge is 2.64. The molecule has 7 nitrogen and oxygen atoms in total. The van der Waals surface area contributed by atoms with Crippen LogP contribution in [0.5, 0.6) is 0 Å². The number of anilines is 1. The molecule has 0 aliphatic carbocycles. The Hall–Kier alpha value is -3.43. The molecule has 32 heavy (non-hydrogen) atoms. The summed E-state index contributed by atoms with van der Waals surface area (Å²) in [5.74, 6) is -2.55. The summed E-state index contributed by atoms with van der Waals surface area (Å²) in [6.45, 7) is 0.298. The SMILES string of the molecule is CN1C[C@H](c2cccc([N+](=O)[O-])c2)[C@@H](C(=O)c2cccs2)[C@]12C(=O)Nc1ccc(F)cc12. The standard InChI is InChI=1S/C23H18FN3O4S/c1-26-12-16(13-4-2-5-15(10-13)27(30)31)20(21(28)19-6-3-9-32-19)23(26)17-11-14(24)7-8-18(17)25-22(23)29/h2-11,16,20H,12H2,1H3,(H,25,29)/t16-,20+,23-/m1/s1. The summed E-state index contributed by atoms with van der Waals surface area (Å²) in [5, 5.41) is 16.0. The third-order valence-corrected chi connectivity index (χ3v) is 7.35. The van der Waals surface area contributed by atoms with E-state index in [0.29, 0.717) is 28.2 Å². The van der Waals surface area contributed by atoms with Gasteiger partial charge in [-0.3, -0.25) is 24.6 Å². The normalized spacial score (nSPS) is 24.5. The van der Waals surface area contributed by atoms with Gasteiger partial charge in [0.25, 0.3) is 5.69 Å². The van der Waals surface area contributed by atoms with Crippen LogP contribution in [0.15, 0.2) is 60.0 Å². The summed E-state index contributed by atoms with van der Waals surface area (Å²) in [7, 11) is 1.73. The van der Waals surface area contributed by atoms with Crippen molar-refractivity contribution in [1.82, 2.24) is 4.90 Å². The first-order valence-electron chi connectivity index (χ1n) is 9.99. The molecule has 1 fully saturated rings. The van der Waals surface area contributed by atoms with Gasteiger partial charge in [-0.25, -0.2) is 4.39 Å². The number of likely N-dealkylation sites (N-methyl/N-ethyl adjacent to an activating group) is 1. The van der Waals surface area contributed by atoms with Crippen LogP contribution in [0.4, 0.5) is 15.8 Å². The summed E-state index contributed by atoms with van der Waals surface area (Å²) < 4.78 is 14.3. The summed E-state index contributed by atoms with van der Waals surface area (Å²) in [5.41, 5.74) is -0.0423. The Balaban J connectivity index is 1.74. The van der Waals surface area contributed by atoms with E-state index in [1.165, 1.54) is 41.7 Å². The van der Waals surface area contributed by atoms with Crippen LogP contribution in [0.1, 0.15) is 26.7 Å². The van der Waals surface area contributed by atoms with E-state index in [9.17, 15) is 24.1 Å². The minimum atomic E-state index is -1.42. The molecule has 2 aliphatic heterocycles. The molecule has 5 rings (SSSR count). The van der Waals surface area contributed by atoms with Gasteiger partial charge in [-0.15, -0.1) is 11.3 Å². The lowest BCUT2D eigenvalue weighted by Gasteiger charge is -2.35. The Bertz CT molecular complexity index is 1260. The van der Waals surface area contributed by atoms with Crippen molar-refractivity contribution in [2.24, 2.45) is 5.92 Å². The maximum atomic E-state index is 14.3. The van der Waals surface area contributed by atoms with E-state index >= 15 is 0 Å². The average molecular weight is 451 g/mol. The zero-order valence-corrected chi connectivity index (χ0v) is 17.8. The van der Waals surface area contributed by atoms with Crippen LogP contribution in [-0.2, 0) is 10.3 Å². The lowest BCUT2D eigenvalue weighted by molar-refractivity contribution is -0.384. The Morgan fingerprint density at radius 3 is 2.78 bits per heavy atom. The van der Waals surface area contributed by atoms with Gasteiger partial charge in [0, 0.05) is 35.8 Å². The fourth-order valence-electron chi connectivity index (χ4n) is 5.15. The Kier molecular flexibility index (Phi) is 4.68. The smallest absolute Gasteiger partial charge is 0.269 e. The number of fused-ring (bicyclic) bond motifs is 2. The quantitative estimate of drug-likeness (QED) is 0.365. The molecule has 9 heteroatoms.